The van der Waals surface area contributed by atoms with Crippen molar-refractivity contribution in [3.63, 3.8) is 0 Å². The van der Waals surface area contributed by atoms with Crippen molar-refractivity contribution < 1.29 is 9.53 Å². The van der Waals surface area contributed by atoms with Crippen LogP contribution in [0.4, 0.5) is 5.69 Å². The molecule has 1 aromatic rings. The predicted octanol–water partition coefficient (Wildman–Crippen LogP) is 15.5. The first-order valence-corrected chi connectivity index (χ1v) is 22.1. The highest BCUT2D eigenvalue weighted by atomic mass is 16.5. The van der Waals surface area contributed by atoms with Gasteiger partial charge in [-0.05, 0) is 115 Å². The van der Waals surface area contributed by atoms with Crippen LogP contribution in [0, 0.1) is 6.92 Å². The highest BCUT2D eigenvalue weighted by Gasteiger charge is 2.15. The molecule has 3 heteroatoms. The Balaban J connectivity index is 2.28. The van der Waals surface area contributed by atoms with Gasteiger partial charge in [-0.2, -0.15) is 0 Å². The van der Waals surface area contributed by atoms with Gasteiger partial charge in [0.15, 0.2) is 0 Å². The van der Waals surface area contributed by atoms with Gasteiger partial charge in [0.1, 0.15) is 6.10 Å². The van der Waals surface area contributed by atoms with Gasteiger partial charge in [-0.25, -0.2) is 0 Å². The molecule has 0 radical (unpaired) electrons. The molecule has 3 nitrogen and oxygen atoms in total. The van der Waals surface area contributed by atoms with Crippen molar-refractivity contribution in [3.8, 4) is 0 Å². The van der Waals surface area contributed by atoms with Crippen molar-refractivity contribution in [1.82, 2.24) is 0 Å². The van der Waals surface area contributed by atoms with Gasteiger partial charge in [0.25, 0.3) is 0 Å². The number of aryl methyl sites for hydroxylation is 1. The minimum absolute atomic E-state index is 0.0109. The average Bonchev–Trinajstić information content (AvgIpc) is 3.14. The molecular formula is C49H83NO2. The lowest BCUT2D eigenvalue weighted by molar-refractivity contribution is -0.150. The summed E-state index contributed by atoms with van der Waals surface area (Å²) < 4.78 is 6.13. The first-order valence-electron chi connectivity index (χ1n) is 22.1. The highest BCUT2D eigenvalue weighted by molar-refractivity contribution is 5.69. The van der Waals surface area contributed by atoms with Gasteiger partial charge in [0, 0.05) is 25.7 Å². The molecule has 0 unspecified atom stereocenters. The highest BCUT2D eigenvalue weighted by Crippen LogP contribution is 2.20. The number of rotatable bonds is 36. The quantitative estimate of drug-likeness (QED) is 0.0393. The summed E-state index contributed by atoms with van der Waals surface area (Å²) in [5.41, 5.74) is 2.51. The second-order valence-electron chi connectivity index (χ2n) is 15.2. The zero-order valence-electron chi connectivity index (χ0n) is 34.8. The van der Waals surface area contributed by atoms with Crippen LogP contribution in [0.1, 0.15) is 199 Å². The summed E-state index contributed by atoms with van der Waals surface area (Å²) in [5, 5.41) is 0. The molecule has 0 atom stereocenters. The number of carbonyl (C=O) groups excluding carboxylic acids is 1. The maximum absolute atomic E-state index is 12.9. The smallest absolute Gasteiger partial charge is 0.306 e. The molecule has 0 spiro atoms. The molecule has 296 valence electrons. The third-order valence-electron chi connectivity index (χ3n) is 10.2. The lowest BCUT2D eigenvalue weighted by Crippen LogP contribution is -2.22. The van der Waals surface area contributed by atoms with Gasteiger partial charge in [-0.15, -0.1) is 0 Å². The summed E-state index contributed by atoms with van der Waals surface area (Å²) in [5.74, 6) is -0.0109. The zero-order chi connectivity index (χ0) is 37.6. The first kappa shape index (κ1) is 47.5. The van der Waals surface area contributed by atoms with E-state index in [-0.39, 0.29) is 12.1 Å². The monoisotopic (exact) mass is 718 g/mol. The standard InChI is InChI=1S/C49H83NO2/c1-5-7-9-11-13-15-17-19-21-23-25-27-29-31-33-35-41-47(52-49(51)44-39-45-50(4)48-43-38-37-40-46(48)3)42-36-34-32-30-28-26-24-22-20-18-16-14-12-10-8-6-2/h13-16,19-22,37-38,40,43,47H,5-12,17-18,23-36,39,41-42,44-45H2,1-4H3. The average molecular weight is 718 g/mol. The first-order chi connectivity index (χ1) is 25.6. The van der Waals surface area contributed by atoms with Crippen molar-refractivity contribution >= 4 is 11.7 Å². The van der Waals surface area contributed by atoms with Crippen LogP contribution in [0.2, 0.25) is 0 Å². The fourth-order valence-electron chi connectivity index (χ4n) is 6.80. The molecular weight excluding hydrogens is 635 g/mol. The summed E-state index contributed by atoms with van der Waals surface area (Å²) in [6, 6.07) is 8.46. The van der Waals surface area contributed by atoms with Gasteiger partial charge in [0.05, 0.1) is 0 Å². The van der Waals surface area contributed by atoms with Crippen LogP contribution in [-0.2, 0) is 9.53 Å². The molecule has 0 fully saturated rings. The topological polar surface area (TPSA) is 29.5 Å². The molecule has 0 aliphatic carbocycles. The third-order valence-corrected chi connectivity index (χ3v) is 10.2. The van der Waals surface area contributed by atoms with Crippen molar-refractivity contribution in [3.05, 3.63) is 78.4 Å². The van der Waals surface area contributed by atoms with Crippen LogP contribution < -0.4 is 4.90 Å². The Labute approximate surface area is 323 Å². The largest absolute Gasteiger partial charge is 0.462 e. The molecule has 0 N–H and O–H groups in total. The van der Waals surface area contributed by atoms with Crippen molar-refractivity contribution in [1.29, 1.82) is 0 Å². The number of unbranched alkanes of at least 4 members (excludes halogenated alkanes) is 18. The predicted molar refractivity (Wildman–Crippen MR) is 232 cm³/mol. The molecule has 0 aliphatic rings. The van der Waals surface area contributed by atoms with Crippen LogP contribution in [0.5, 0.6) is 0 Å². The minimum Gasteiger partial charge on any atom is -0.462 e. The number of hydrogen-bond acceptors (Lipinski definition) is 3. The molecule has 0 aliphatic heterocycles. The van der Waals surface area contributed by atoms with E-state index in [9.17, 15) is 4.79 Å². The van der Waals surface area contributed by atoms with E-state index in [2.05, 4.69) is 106 Å². The number of allylic oxidation sites excluding steroid dienone is 8. The Morgan fingerprint density at radius 2 is 1.00 bits per heavy atom. The Morgan fingerprint density at radius 1 is 0.577 bits per heavy atom. The number of para-hydroxylation sites is 1. The van der Waals surface area contributed by atoms with Crippen molar-refractivity contribution in [2.75, 3.05) is 18.5 Å². The van der Waals surface area contributed by atoms with Gasteiger partial charge in [-0.3, -0.25) is 4.79 Å². The van der Waals surface area contributed by atoms with Crippen molar-refractivity contribution in [2.45, 2.75) is 207 Å². The molecule has 0 heterocycles. The number of carbonyl (C=O) groups is 1. The molecule has 1 rings (SSSR count). The molecule has 0 saturated heterocycles. The van der Waals surface area contributed by atoms with E-state index >= 15 is 0 Å². The summed E-state index contributed by atoms with van der Waals surface area (Å²) in [6.07, 6.45) is 52.4. The molecule has 0 saturated carbocycles. The normalized spacial score (nSPS) is 12.6. The van der Waals surface area contributed by atoms with Crippen LogP contribution in [0.15, 0.2) is 72.9 Å². The van der Waals surface area contributed by atoms with Gasteiger partial charge in [-0.1, -0.05) is 158 Å². The second kappa shape index (κ2) is 36.8. The lowest BCUT2D eigenvalue weighted by atomic mass is 10.0. The Kier molecular flexibility index (Phi) is 33.6. The molecule has 0 bridgehead atoms. The lowest BCUT2D eigenvalue weighted by Gasteiger charge is -2.22. The van der Waals surface area contributed by atoms with Gasteiger partial charge in [0.2, 0.25) is 0 Å². The SMILES string of the molecule is CCCCCC=CCC=CCCCCCCCCC(CCCCCCCCC=CCC=CCCCCC)OC(=O)CCCN(C)c1ccccc1C. The number of benzene rings is 1. The van der Waals surface area contributed by atoms with E-state index in [1.165, 1.54) is 153 Å². The van der Waals surface area contributed by atoms with E-state index in [1.54, 1.807) is 0 Å². The van der Waals surface area contributed by atoms with E-state index in [4.69, 9.17) is 4.74 Å². The van der Waals surface area contributed by atoms with Crippen LogP contribution in [0.3, 0.4) is 0 Å². The summed E-state index contributed by atoms with van der Waals surface area (Å²) in [6.45, 7) is 7.53. The Morgan fingerprint density at radius 3 is 1.46 bits per heavy atom. The van der Waals surface area contributed by atoms with Crippen LogP contribution in [0.25, 0.3) is 0 Å². The maximum atomic E-state index is 12.9. The Hall–Kier alpha value is -2.55. The number of ether oxygens (including phenoxy) is 1. The number of esters is 1. The van der Waals surface area contributed by atoms with E-state index in [0.29, 0.717) is 6.42 Å². The van der Waals surface area contributed by atoms with E-state index in [0.717, 1.165) is 38.6 Å². The second-order valence-corrected chi connectivity index (χ2v) is 15.2. The molecule has 0 aromatic heterocycles. The molecule has 0 amide bonds. The number of nitrogens with zero attached hydrogens (tertiary/aromatic N) is 1. The third kappa shape index (κ3) is 30.0. The zero-order valence-corrected chi connectivity index (χ0v) is 34.8. The maximum Gasteiger partial charge on any atom is 0.306 e. The van der Waals surface area contributed by atoms with Crippen molar-refractivity contribution in [2.24, 2.45) is 0 Å². The fourth-order valence-corrected chi connectivity index (χ4v) is 6.80. The number of anilines is 1. The van der Waals surface area contributed by atoms with Crippen LogP contribution >= 0.6 is 0 Å². The minimum atomic E-state index is -0.0109. The Bertz CT molecular complexity index is 1010. The molecule has 52 heavy (non-hydrogen) atoms. The van der Waals surface area contributed by atoms with E-state index in [1.807, 2.05) is 0 Å². The van der Waals surface area contributed by atoms with Crippen LogP contribution in [-0.4, -0.2) is 25.7 Å². The van der Waals surface area contributed by atoms with Gasteiger partial charge < -0.3 is 9.64 Å². The molecule has 1 aromatic carbocycles. The fraction of sp³-hybridized carbons (Fsp3) is 0.694. The summed E-state index contributed by atoms with van der Waals surface area (Å²) >= 11 is 0. The number of hydrogen-bond donors (Lipinski definition) is 0. The van der Waals surface area contributed by atoms with E-state index < -0.39 is 0 Å². The summed E-state index contributed by atoms with van der Waals surface area (Å²) in [7, 11) is 2.12. The summed E-state index contributed by atoms with van der Waals surface area (Å²) in [4.78, 5) is 15.2. The van der Waals surface area contributed by atoms with Gasteiger partial charge >= 0.3 is 5.97 Å².